The van der Waals surface area contributed by atoms with Crippen LogP contribution in [0.25, 0.3) is 0 Å². The van der Waals surface area contributed by atoms with Crippen molar-refractivity contribution in [2.75, 3.05) is 20.3 Å². The molecule has 0 aromatic heterocycles. The maximum atomic E-state index is 5.36. The monoisotopic (exact) mass is 146 g/mol. The SMILES string of the molecule is COCC[C@@H]1OC[C@@H](C)O1. The quantitative estimate of drug-likeness (QED) is 0.589. The van der Waals surface area contributed by atoms with Crippen molar-refractivity contribution < 1.29 is 14.2 Å². The van der Waals surface area contributed by atoms with E-state index < -0.39 is 0 Å². The zero-order valence-corrected chi connectivity index (χ0v) is 6.50. The number of rotatable bonds is 3. The zero-order valence-electron chi connectivity index (χ0n) is 6.50. The Bertz CT molecular complexity index is 94.9. The molecule has 1 aliphatic heterocycles. The van der Waals surface area contributed by atoms with E-state index in [0.717, 1.165) is 6.42 Å². The lowest BCUT2D eigenvalue weighted by Crippen LogP contribution is -2.11. The smallest absolute Gasteiger partial charge is 0.160 e. The molecule has 1 aliphatic rings. The van der Waals surface area contributed by atoms with Crippen LogP contribution in [0.3, 0.4) is 0 Å². The highest BCUT2D eigenvalue weighted by molar-refractivity contribution is 4.59. The highest BCUT2D eigenvalue weighted by atomic mass is 16.7. The molecule has 0 N–H and O–H groups in total. The lowest BCUT2D eigenvalue weighted by atomic mass is 10.4. The van der Waals surface area contributed by atoms with Crippen LogP contribution in [-0.2, 0) is 14.2 Å². The normalized spacial score (nSPS) is 33.0. The Labute approximate surface area is 61.3 Å². The van der Waals surface area contributed by atoms with Gasteiger partial charge in [0.05, 0.1) is 19.3 Å². The van der Waals surface area contributed by atoms with E-state index in [1.165, 1.54) is 0 Å². The number of hydrogen-bond donors (Lipinski definition) is 0. The van der Waals surface area contributed by atoms with Crippen molar-refractivity contribution in [2.24, 2.45) is 0 Å². The Hall–Kier alpha value is -0.120. The minimum Gasteiger partial charge on any atom is -0.384 e. The summed E-state index contributed by atoms with van der Waals surface area (Å²) in [5.41, 5.74) is 0. The predicted octanol–water partition coefficient (Wildman–Crippen LogP) is 0.784. The lowest BCUT2D eigenvalue weighted by Gasteiger charge is -2.07. The van der Waals surface area contributed by atoms with Gasteiger partial charge in [0.25, 0.3) is 0 Å². The summed E-state index contributed by atoms with van der Waals surface area (Å²) in [6.07, 6.45) is 1.05. The zero-order chi connectivity index (χ0) is 7.40. The van der Waals surface area contributed by atoms with Gasteiger partial charge in [0.15, 0.2) is 6.29 Å². The maximum Gasteiger partial charge on any atom is 0.160 e. The van der Waals surface area contributed by atoms with Crippen molar-refractivity contribution in [1.82, 2.24) is 0 Å². The highest BCUT2D eigenvalue weighted by Crippen LogP contribution is 2.13. The second-order valence-corrected chi connectivity index (χ2v) is 2.49. The highest BCUT2D eigenvalue weighted by Gasteiger charge is 2.21. The molecule has 10 heavy (non-hydrogen) atoms. The van der Waals surface area contributed by atoms with Crippen LogP contribution >= 0.6 is 0 Å². The van der Waals surface area contributed by atoms with Crippen LogP contribution in [0.2, 0.25) is 0 Å². The van der Waals surface area contributed by atoms with Gasteiger partial charge in [-0.05, 0) is 6.92 Å². The van der Waals surface area contributed by atoms with Crippen molar-refractivity contribution >= 4 is 0 Å². The van der Waals surface area contributed by atoms with Gasteiger partial charge in [-0.2, -0.15) is 0 Å². The summed E-state index contributed by atoms with van der Waals surface area (Å²) in [6.45, 7) is 3.43. The first kappa shape index (κ1) is 7.98. The molecule has 0 aliphatic carbocycles. The largest absolute Gasteiger partial charge is 0.384 e. The van der Waals surface area contributed by atoms with E-state index in [1.807, 2.05) is 6.92 Å². The first-order chi connectivity index (χ1) is 4.83. The van der Waals surface area contributed by atoms with Crippen LogP contribution in [0.1, 0.15) is 13.3 Å². The molecular formula is C7H14O3. The summed E-state index contributed by atoms with van der Waals surface area (Å²) >= 11 is 0. The van der Waals surface area contributed by atoms with E-state index in [-0.39, 0.29) is 12.4 Å². The third-order valence-corrected chi connectivity index (χ3v) is 1.46. The standard InChI is InChI=1S/C7H14O3/c1-6-5-9-7(10-6)3-4-8-2/h6-7H,3-5H2,1-2H3/t6-,7-/m1/s1. The third kappa shape index (κ3) is 2.25. The van der Waals surface area contributed by atoms with Gasteiger partial charge in [-0.1, -0.05) is 0 Å². The van der Waals surface area contributed by atoms with Gasteiger partial charge in [-0.15, -0.1) is 0 Å². The Kier molecular flexibility index (Phi) is 3.12. The molecule has 60 valence electrons. The molecule has 3 nitrogen and oxygen atoms in total. The van der Waals surface area contributed by atoms with Crippen LogP contribution in [0.15, 0.2) is 0 Å². The first-order valence-electron chi connectivity index (χ1n) is 3.59. The second kappa shape index (κ2) is 3.91. The van der Waals surface area contributed by atoms with Crippen LogP contribution in [0.4, 0.5) is 0 Å². The molecule has 0 spiro atoms. The van der Waals surface area contributed by atoms with Crippen molar-refractivity contribution in [3.63, 3.8) is 0 Å². The lowest BCUT2D eigenvalue weighted by molar-refractivity contribution is -0.0695. The number of ether oxygens (including phenoxy) is 3. The summed E-state index contributed by atoms with van der Waals surface area (Å²) < 4.78 is 15.5. The molecule has 0 saturated carbocycles. The molecule has 1 saturated heterocycles. The van der Waals surface area contributed by atoms with Gasteiger partial charge >= 0.3 is 0 Å². The summed E-state index contributed by atoms with van der Waals surface area (Å²) in [5, 5.41) is 0. The van der Waals surface area contributed by atoms with Crippen LogP contribution in [0, 0.1) is 0 Å². The van der Waals surface area contributed by atoms with Crippen LogP contribution in [-0.4, -0.2) is 32.7 Å². The Balaban J connectivity index is 2.06. The van der Waals surface area contributed by atoms with E-state index in [4.69, 9.17) is 14.2 Å². The number of methoxy groups -OCH3 is 1. The fraction of sp³-hybridized carbons (Fsp3) is 1.00. The molecule has 0 amide bonds. The van der Waals surface area contributed by atoms with Crippen molar-refractivity contribution in [1.29, 1.82) is 0 Å². The molecule has 0 aromatic rings. The third-order valence-electron chi connectivity index (χ3n) is 1.46. The minimum atomic E-state index is -0.0325. The molecule has 1 fully saturated rings. The molecule has 0 bridgehead atoms. The minimum absolute atomic E-state index is 0.0325. The summed E-state index contributed by atoms with van der Waals surface area (Å²) in [6, 6.07) is 0. The van der Waals surface area contributed by atoms with E-state index in [1.54, 1.807) is 7.11 Å². The van der Waals surface area contributed by atoms with Crippen molar-refractivity contribution in [3.8, 4) is 0 Å². The fourth-order valence-electron chi connectivity index (χ4n) is 0.946. The van der Waals surface area contributed by atoms with Crippen molar-refractivity contribution in [3.05, 3.63) is 0 Å². The van der Waals surface area contributed by atoms with E-state index in [2.05, 4.69) is 0 Å². The average Bonchev–Trinajstić information content (AvgIpc) is 2.31. The number of hydrogen-bond acceptors (Lipinski definition) is 3. The molecule has 1 rings (SSSR count). The molecule has 2 atom stereocenters. The Morgan fingerprint density at radius 1 is 1.60 bits per heavy atom. The van der Waals surface area contributed by atoms with E-state index >= 15 is 0 Å². The topological polar surface area (TPSA) is 27.7 Å². The van der Waals surface area contributed by atoms with Crippen LogP contribution < -0.4 is 0 Å². The summed E-state index contributed by atoms with van der Waals surface area (Å²) in [4.78, 5) is 0. The fourth-order valence-corrected chi connectivity index (χ4v) is 0.946. The Morgan fingerprint density at radius 2 is 2.40 bits per heavy atom. The molecule has 0 unspecified atom stereocenters. The molecular weight excluding hydrogens is 132 g/mol. The molecule has 1 heterocycles. The molecule has 3 heteroatoms. The van der Waals surface area contributed by atoms with Gasteiger partial charge in [0.1, 0.15) is 0 Å². The van der Waals surface area contributed by atoms with E-state index in [9.17, 15) is 0 Å². The summed E-state index contributed by atoms with van der Waals surface area (Å²) in [5.74, 6) is 0. The maximum absolute atomic E-state index is 5.36. The Morgan fingerprint density at radius 3 is 2.90 bits per heavy atom. The molecule has 0 radical (unpaired) electrons. The van der Waals surface area contributed by atoms with E-state index in [0.29, 0.717) is 13.2 Å². The van der Waals surface area contributed by atoms with Gasteiger partial charge in [-0.3, -0.25) is 0 Å². The first-order valence-corrected chi connectivity index (χ1v) is 3.59. The van der Waals surface area contributed by atoms with Gasteiger partial charge in [-0.25, -0.2) is 0 Å². The molecule has 0 aromatic carbocycles. The van der Waals surface area contributed by atoms with Gasteiger partial charge in [0.2, 0.25) is 0 Å². The second-order valence-electron chi connectivity index (χ2n) is 2.49. The predicted molar refractivity (Wildman–Crippen MR) is 36.8 cm³/mol. The van der Waals surface area contributed by atoms with Gasteiger partial charge < -0.3 is 14.2 Å². The van der Waals surface area contributed by atoms with Crippen molar-refractivity contribution in [2.45, 2.75) is 25.7 Å². The average molecular weight is 146 g/mol. The van der Waals surface area contributed by atoms with Crippen LogP contribution in [0.5, 0.6) is 0 Å². The van der Waals surface area contributed by atoms with Gasteiger partial charge in [0, 0.05) is 13.5 Å². The summed E-state index contributed by atoms with van der Waals surface area (Å²) in [7, 11) is 1.68.